The lowest BCUT2D eigenvalue weighted by atomic mass is 9.81. The van der Waals surface area contributed by atoms with E-state index in [0.29, 0.717) is 6.42 Å². The highest BCUT2D eigenvalue weighted by Gasteiger charge is 2.45. The fourth-order valence-corrected chi connectivity index (χ4v) is 3.35. The smallest absolute Gasteiger partial charge is 0.217 e. The molecule has 1 saturated carbocycles. The molecule has 0 radical (unpaired) electrons. The number of rotatable bonds is 4. The lowest BCUT2D eigenvalue weighted by Gasteiger charge is -2.44. The molecular weight excluding hydrogens is 322 g/mol. The number of hydrogen-bond acceptors (Lipinski definition) is 8. The first-order valence-corrected chi connectivity index (χ1v) is 8.15. The molecule has 0 spiro atoms. The number of aliphatic hydroxyl groups excluding tert-OH is 5. The van der Waals surface area contributed by atoms with Crippen LogP contribution in [0.2, 0.25) is 0 Å². The molecule has 2 fully saturated rings. The van der Waals surface area contributed by atoms with Crippen LogP contribution in [0.25, 0.3) is 0 Å². The van der Waals surface area contributed by atoms with Gasteiger partial charge in [0.15, 0.2) is 6.29 Å². The third-order valence-corrected chi connectivity index (χ3v) is 4.73. The average molecular weight is 349 g/mol. The third kappa shape index (κ3) is 4.23. The van der Waals surface area contributed by atoms with Crippen LogP contribution >= 0.6 is 0 Å². The monoisotopic (exact) mass is 349 g/mol. The van der Waals surface area contributed by atoms with E-state index in [1.54, 1.807) is 6.92 Å². The fraction of sp³-hybridized carbons (Fsp3) is 0.933. The summed E-state index contributed by atoms with van der Waals surface area (Å²) in [6.45, 7) is 2.70. The van der Waals surface area contributed by atoms with E-state index in [1.165, 1.54) is 6.92 Å². The molecule has 9 heteroatoms. The second-order valence-electron chi connectivity index (χ2n) is 6.69. The minimum absolute atomic E-state index is 0.203. The van der Waals surface area contributed by atoms with Crippen LogP contribution in [0.1, 0.15) is 26.7 Å². The SMILES string of the molecule is CC(=O)N[C@@H]1[C@@H](O[C@H]2C[C@@H](C)[C@@H](O)[C@@H](O)[C@@H]2O)C[C@@H](CO)O[C@@H]1O. The summed E-state index contributed by atoms with van der Waals surface area (Å²) in [4.78, 5) is 11.4. The van der Waals surface area contributed by atoms with Crippen molar-refractivity contribution in [2.75, 3.05) is 6.61 Å². The molecule has 9 nitrogen and oxygen atoms in total. The van der Waals surface area contributed by atoms with Gasteiger partial charge in [-0.1, -0.05) is 6.92 Å². The van der Waals surface area contributed by atoms with Crippen molar-refractivity contribution < 1.29 is 39.8 Å². The minimum Gasteiger partial charge on any atom is -0.394 e. The molecule has 2 aliphatic rings. The molecule has 0 unspecified atom stereocenters. The van der Waals surface area contributed by atoms with Crippen molar-refractivity contribution in [3.8, 4) is 0 Å². The first kappa shape index (κ1) is 19.5. The largest absolute Gasteiger partial charge is 0.394 e. The fourth-order valence-electron chi connectivity index (χ4n) is 3.35. The van der Waals surface area contributed by atoms with Gasteiger partial charge in [-0.05, 0) is 12.3 Å². The molecule has 0 aromatic heterocycles. The minimum atomic E-state index is -1.36. The molecule has 140 valence electrons. The van der Waals surface area contributed by atoms with Gasteiger partial charge < -0.3 is 40.3 Å². The Morgan fingerprint density at radius 1 is 1.12 bits per heavy atom. The standard InChI is InChI=1S/C15H27NO8/c1-6-3-10(13(20)14(21)12(6)19)24-9-4-8(5-17)23-15(22)11(9)16-7(2)18/h6,8-15,17,19-22H,3-5H2,1-2H3,(H,16,18)/t6-,8+,9+,10+,11-,12-,13-,14-,15+/m1/s1. The summed E-state index contributed by atoms with van der Waals surface area (Å²) < 4.78 is 11.1. The molecule has 1 saturated heterocycles. The molecule has 24 heavy (non-hydrogen) atoms. The van der Waals surface area contributed by atoms with Gasteiger partial charge in [0.05, 0.1) is 31.0 Å². The van der Waals surface area contributed by atoms with E-state index in [0.717, 1.165) is 0 Å². The van der Waals surface area contributed by atoms with Gasteiger partial charge in [0.2, 0.25) is 5.91 Å². The summed E-state index contributed by atoms with van der Waals surface area (Å²) in [7, 11) is 0. The number of nitrogens with one attached hydrogen (secondary N) is 1. The number of hydrogen-bond donors (Lipinski definition) is 6. The maximum absolute atomic E-state index is 11.4. The third-order valence-electron chi connectivity index (χ3n) is 4.73. The predicted octanol–water partition coefficient (Wildman–Crippen LogP) is -2.53. The van der Waals surface area contributed by atoms with Crippen LogP contribution in [0.4, 0.5) is 0 Å². The second kappa shape index (κ2) is 8.05. The Hall–Kier alpha value is -0.810. The predicted molar refractivity (Wildman–Crippen MR) is 80.6 cm³/mol. The lowest BCUT2D eigenvalue weighted by molar-refractivity contribution is -0.247. The second-order valence-corrected chi connectivity index (χ2v) is 6.69. The maximum atomic E-state index is 11.4. The Bertz CT molecular complexity index is 436. The highest BCUT2D eigenvalue weighted by Crippen LogP contribution is 2.31. The number of carbonyl (C=O) groups excluding carboxylic acids is 1. The molecule has 1 heterocycles. The Morgan fingerprint density at radius 3 is 2.38 bits per heavy atom. The highest BCUT2D eigenvalue weighted by molar-refractivity contribution is 5.73. The van der Waals surface area contributed by atoms with Crippen LogP contribution in [0.5, 0.6) is 0 Å². The Kier molecular flexibility index (Phi) is 6.54. The summed E-state index contributed by atoms with van der Waals surface area (Å²) in [5.41, 5.74) is 0. The summed E-state index contributed by atoms with van der Waals surface area (Å²) in [6, 6.07) is -0.864. The van der Waals surface area contributed by atoms with Gasteiger partial charge in [-0.3, -0.25) is 4.79 Å². The summed E-state index contributed by atoms with van der Waals surface area (Å²) in [5.74, 6) is -0.669. The van der Waals surface area contributed by atoms with Crippen LogP contribution in [0.15, 0.2) is 0 Å². The first-order valence-electron chi connectivity index (χ1n) is 8.15. The molecule has 1 aliphatic carbocycles. The van der Waals surface area contributed by atoms with Gasteiger partial charge in [-0.25, -0.2) is 0 Å². The van der Waals surface area contributed by atoms with E-state index in [1.807, 2.05) is 0 Å². The van der Waals surface area contributed by atoms with Gasteiger partial charge >= 0.3 is 0 Å². The molecule has 1 aliphatic heterocycles. The van der Waals surface area contributed by atoms with Crippen molar-refractivity contribution in [1.82, 2.24) is 5.32 Å². The van der Waals surface area contributed by atoms with E-state index in [-0.39, 0.29) is 24.9 Å². The molecule has 6 N–H and O–H groups in total. The van der Waals surface area contributed by atoms with Crippen molar-refractivity contribution in [2.45, 2.75) is 75.6 Å². The molecule has 0 aromatic carbocycles. The first-order chi connectivity index (χ1) is 11.2. The molecule has 2 rings (SSSR count). The van der Waals surface area contributed by atoms with Crippen LogP contribution in [0.3, 0.4) is 0 Å². The lowest BCUT2D eigenvalue weighted by Crippen LogP contribution is -2.61. The van der Waals surface area contributed by atoms with E-state index < -0.39 is 49.0 Å². The zero-order valence-corrected chi connectivity index (χ0v) is 13.8. The van der Waals surface area contributed by atoms with Crippen molar-refractivity contribution in [3.05, 3.63) is 0 Å². The highest BCUT2D eigenvalue weighted by atomic mass is 16.6. The van der Waals surface area contributed by atoms with Gasteiger partial charge in [0.1, 0.15) is 18.2 Å². The molecule has 0 bridgehead atoms. The zero-order chi connectivity index (χ0) is 18.0. The number of aliphatic hydroxyl groups is 5. The van der Waals surface area contributed by atoms with Crippen LogP contribution in [-0.2, 0) is 14.3 Å². The Balaban J connectivity index is 2.11. The van der Waals surface area contributed by atoms with E-state index in [9.17, 15) is 30.3 Å². The zero-order valence-electron chi connectivity index (χ0n) is 13.8. The van der Waals surface area contributed by atoms with Crippen molar-refractivity contribution in [2.24, 2.45) is 5.92 Å². The summed E-state index contributed by atoms with van der Waals surface area (Å²) in [6.07, 6.45) is -6.68. The molecule has 9 atom stereocenters. The Labute approximate surface area is 140 Å². The van der Waals surface area contributed by atoms with Crippen molar-refractivity contribution in [3.63, 3.8) is 0 Å². The van der Waals surface area contributed by atoms with Crippen LogP contribution < -0.4 is 5.32 Å². The molecule has 1 amide bonds. The molecule has 0 aromatic rings. The normalized spacial score (nSPS) is 46.5. The van der Waals surface area contributed by atoms with E-state index >= 15 is 0 Å². The van der Waals surface area contributed by atoms with Gasteiger partial charge in [0.25, 0.3) is 0 Å². The molecular formula is C15H27NO8. The number of amides is 1. The maximum Gasteiger partial charge on any atom is 0.217 e. The van der Waals surface area contributed by atoms with Gasteiger partial charge in [-0.15, -0.1) is 0 Å². The van der Waals surface area contributed by atoms with E-state index in [2.05, 4.69) is 5.32 Å². The number of carbonyl (C=O) groups is 1. The summed E-state index contributed by atoms with van der Waals surface area (Å²) in [5, 5.41) is 51.7. The average Bonchev–Trinajstić information content (AvgIpc) is 2.53. The van der Waals surface area contributed by atoms with Crippen LogP contribution in [-0.4, -0.2) is 87.0 Å². The van der Waals surface area contributed by atoms with Gasteiger partial charge in [-0.2, -0.15) is 0 Å². The van der Waals surface area contributed by atoms with Crippen molar-refractivity contribution in [1.29, 1.82) is 0 Å². The quantitative estimate of drug-likeness (QED) is 0.325. The van der Waals surface area contributed by atoms with Crippen LogP contribution in [0, 0.1) is 5.92 Å². The Morgan fingerprint density at radius 2 is 1.79 bits per heavy atom. The van der Waals surface area contributed by atoms with Crippen molar-refractivity contribution >= 4 is 5.91 Å². The van der Waals surface area contributed by atoms with E-state index in [4.69, 9.17) is 9.47 Å². The number of ether oxygens (including phenoxy) is 2. The topological polar surface area (TPSA) is 149 Å². The summed E-state index contributed by atoms with van der Waals surface area (Å²) >= 11 is 0. The van der Waals surface area contributed by atoms with Gasteiger partial charge in [0, 0.05) is 13.3 Å².